The topological polar surface area (TPSA) is 61.8 Å². The number of rotatable bonds is 4. The predicted molar refractivity (Wildman–Crippen MR) is 83.6 cm³/mol. The normalized spacial score (nSPS) is 28.8. The Morgan fingerprint density at radius 2 is 1.96 bits per heavy atom. The number of ether oxygens (including phenoxy) is 3. The molecule has 0 amide bonds. The molecule has 4 rings (SSSR count). The lowest BCUT2D eigenvalue weighted by Crippen LogP contribution is -2.51. The zero-order valence-corrected chi connectivity index (χ0v) is 13.4. The Bertz CT molecular complexity index is 646. The third-order valence-electron chi connectivity index (χ3n) is 4.59. The first-order valence-corrected chi connectivity index (χ1v) is 7.80. The molecule has 2 aliphatic heterocycles. The summed E-state index contributed by atoms with van der Waals surface area (Å²) >= 11 is 0. The van der Waals surface area contributed by atoms with E-state index >= 15 is 0 Å². The van der Waals surface area contributed by atoms with E-state index in [1.165, 1.54) is 0 Å². The van der Waals surface area contributed by atoms with Gasteiger partial charge in [0.15, 0.2) is 0 Å². The Kier molecular flexibility index (Phi) is 4.11. The Morgan fingerprint density at radius 1 is 1.26 bits per heavy atom. The van der Waals surface area contributed by atoms with Gasteiger partial charge in [-0.1, -0.05) is 25.1 Å². The molecule has 0 radical (unpaired) electrons. The lowest BCUT2D eigenvalue weighted by atomic mass is 9.68. The number of hydrogen-bond donors (Lipinski definition) is 0. The molecule has 1 aromatic carbocycles. The first kappa shape index (κ1) is 15.6. The molecule has 1 aromatic rings. The average Bonchev–Trinajstić information content (AvgIpc) is 2.56. The quantitative estimate of drug-likeness (QED) is 0.799. The summed E-state index contributed by atoms with van der Waals surface area (Å²) in [6, 6.07) is 7.61. The summed E-state index contributed by atoms with van der Waals surface area (Å²) in [5, 5.41) is 0. The minimum Gasteiger partial charge on any atom is -0.497 e. The summed E-state index contributed by atoms with van der Waals surface area (Å²) in [6.45, 7) is 4.01. The van der Waals surface area contributed by atoms with Gasteiger partial charge in [-0.3, -0.25) is 9.59 Å². The molecule has 0 saturated carbocycles. The molecular formula is C18H20O5. The van der Waals surface area contributed by atoms with Gasteiger partial charge in [-0.2, -0.15) is 0 Å². The van der Waals surface area contributed by atoms with Gasteiger partial charge in [-0.15, -0.1) is 0 Å². The molecule has 1 saturated heterocycles. The van der Waals surface area contributed by atoms with E-state index in [2.05, 4.69) is 0 Å². The first-order valence-electron chi connectivity index (χ1n) is 7.80. The van der Waals surface area contributed by atoms with Crippen molar-refractivity contribution in [2.45, 2.75) is 20.0 Å². The van der Waals surface area contributed by atoms with Crippen molar-refractivity contribution in [2.75, 3.05) is 13.7 Å². The van der Waals surface area contributed by atoms with Crippen LogP contribution in [0.5, 0.6) is 5.75 Å². The van der Waals surface area contributed by atoms with E-state index < -0.39 is 17.9 Å². The molecule has 0 spiro atoms. The van der Waals surface area contributed by atoms with E-state index in [0.29, 0.717) is 6.61 Å². The fraction of sp³-hybridized carbons (Fsp3) is 0.444. The molecule has 3 aliphatic rings. The van der Waals surface area contributed by atoms with Crippen molar-refractivity contribution < 1.29 is 23.8 Å². The molecule has 2 heterocycles. The fourth-order valence-electron chi connectivity index (χ4n) is 3.42. The van der Waals surface area contributed by atoms with Crippen LogP contribution in [0.2, 0.25) is 0 Å². The summed E-state index contributed by atoms with van der Waals surface area (Å²) in [6.07, 6.45) is 1.44. The zero-order valence-electron chi connectivity index (χ0n) is 13.4. The van der Waals surface area contributed by atoms with Crippen molar-refractivity contribution >= 4 is 17.5 Å². The minimum atomic E-state index is -0.578. The number of methoxy groups -OCH3 is 1. The number of hydrogen-bond acceptors (Lipinski definition) is 5. The van der Waals surface area contributed by atoms with Crippen LogP contribution >= 0.6 is 0 Å². The molecule has 1 aliphatic carbocycles. The van der Waals surface area contributed by atoms with Crippen molar-refractivity contribution in [1.29, 1.82) is 0 Å². The first-order chi connectivity index (χ1) is 11.1. The lowest BCUT2D eigenvalue weighted by molar-refractivity contribution is -0.176. The predicted octanol–water partition coefficient (Wildman–Crippen LogP) is 2.45. The molecule has 122 valence electrons. The van der Waals surface area contributed by atoms with Gasteiger partial charge in [0.2, 0.25) is 0 Å². The smallest absolute Gasteiger partial charge is 0.314 e. The SMILES string of the molecule is CCOC(=O)[C@@H]1[C@@H](C)[C@@H]2OC(=O)[C@H]1C=C2c1ccc(OC)cc1. The van der Waals surface area contributed by atoms with Crippen LogP contribution in [0.4, 0.5) is 0 Å². The third-order valence-corrected chi connectivity index (χ3v) is 4.59. The maximum Gasteiger partial charge on any atom is 0.314 e. The molecule has 5 nitrogen and oxygen atoms in total. The monoisotopic (exact) mass is 316 g/mol. The molecule has 0 N–H and O–H groups in total. The van der Waals surface area contributed by atoms with Crippen molar-refractivity contribution in [1.82, 2.24) is 0 Å². The van der Waals surface area contributed by atoms with Gasteiger partial charge >= 0.3 is 11.9 Å². The van der Waals surface area contributed by atoms with Crippen LogP contribution in [0, 0.1) is 17.8 Å². The summed E-state index contributed by atoms with van der Waals surface area (Å²) in [5.41, 5.74) is 1.92. The van der Waals surface area contributed by atoms with Crippen LogP contribution in [0.3, 0.4) is 0 Å². The standard InChI is InChI=1S/C18H20O5/c1-4-22-18(20)15-10(2)16-13(9-14(15)17(19)23-16)11-5-7-12(21-3)8-6-11/h5-10,14-16H,4H2,1-3H3/t10-,14+,15-,16+/m1/s1. The van der Waals surface area contributed by atoms with E-state index in [1.54, 1.807) is 14.0 Å². The van der Waals surface area contributed by atoms with E-state index in [0.717, 1.165) is 16.9 Å². The van der Waals surface area contributed by atoms with E-state index in [4.69, 9.17) is 14.2 Å². The molecule has 5 heteroatoms. The zero-order chi connectivity index (χ0) is 16.6. The highest BCUT2D eigenvalue weighted by Gasteiger charge is 2.52. The van der Waals surface area contributed by atoms with E-state index in [1.807, 2.05) is 37.3 Å². The molecule has 1 fully saturated rings. The van der Waals surface area contributed by atoms with Crippen molar-refractivity contribution in [3.8, 4) is 5.75 Å². The molecule has 4 atom stereocenters. The molecular weight excluding hydrogens is 296 g/mol. The van der Waals surface area contributed by atoms with Crippen molar-refractivity contribution in [3.05, 3.63) is 35.9 Å². The van der Waals surface area contributed by atoms with Gasteiger partial charge in [0, 0.05) is 5.92 Å². The fourth-order valence-corrected chi connectivity index (χ4v) is 3.42. The summed E-state index contributed by atoms with van der Waals surface area (Å²) < 4.78 is 15.8. The molecule has 0 unspecified atom stereocenters. The summed E-state index contributed by atoms with van der Waals surface area (Å²) in [4.78, 5) is 24.3. The van der Waals surface area contributed by atoms with Gasteiger partial charge < -0.3 is 14.2 Å². The molecule has 23 heavy (non-hydrogen) atoms. The van der Waals surface area contributed by atoms with Gasteiger partial charge in [0.1, 0.15) is 11.9 Å². The maximum absolute atomic E-state index is 12.2. The van der Waals surface area contributed by atoms with Gasteiger partial charge in [0.25, 0.3) is 0 Å². The number of esters is 2. The van der Waals surface area contributed by atoms with Crippen LogP contribution < -0.4 is 4.74 Å². The summed E-state index contributed by atoms with van der Waals surface area (Å²) in [7, 11) is 1.62. The summed E-state index contributed by atoms with van der Waals surface area (Å²) in [5.74, 6) is -1.06. The van der Waals surface area contributed by atoms with E-state index in [-0.39, 0.29) is 17.9 Å². The number of carbonyl (C=O) groups is 2. The Morgan fingerprint density at radius 3 is 2.57 bits per heavy atom. The second kappa shape index (κ2) is 6.07. The minimum absolute atomic E-state index is 0.112. The second-order valence-electron chi connectivity index (χ2n) is 5.87. The largest absolute Gasteiger partial charge is 0.497 e. The third kappa shape index (κ3) is 2.60. The lowest BCUT2D eigenvalue weighted by Gasteiger charge is -2.43. The highest BCUT2D eigenvalue weighted by molar-refractivity contribution is 5.92. The number of carbonyl (C=O) groups excluding carboxylic acids is 2. The Hall–Kier alpha value is -2.30. The molecule has 0 aromatic heterocycles. The Balaban J connectivity index is 1.95. The van der Waals surface area contributed by atoms with Crippen LogP contribution in [0.1, 0.15) is 19.4 Å². The highest BCUT2D eigenvalue weighted by Crippen LogP contribution is 2.45. The van der Waals surface area contributed by atoms with E-state index in [9.17, 15) is 9.59 Å². The van der Waals surface area contributed by atoms with Crippen LogP contribution in [0.25, 0.3) is 5.57 Å². The maximum atomic E-state index is 12.2. The number of fused-ring (bicyclic) bond motifs is 2. The number of benzene rings is 1. The highest BCUT2D eigenvalue weighted by atomic mass is 16.6. The van der Waals surface area contributed by atoms with Crippen LogP contribution in [0.15, 0.2) is 30.3 Å². The Labute approximate surface area is 135 Å². The second-order valence-corrected chi connectivity index (χ2v) is 5.87. The van der Waals surface area contributed by atoms with Crippen molar-refractivity contribution in [2.24, 2.45) is 17.8 Å². The van der Waals surface area contributed by atoms with Gasteiger partial charge in [-0.25, -0.2) is 0 Å². The van der Waals surface area contributed by atoms with Gasteiger partial charge in [0.05, 0.1) is 25.6 Å². The van der Waals surface area contributed by atoms with Crippen LogP contribution in [-0.2, 0) is 19.1 Å². The molecule has 2 bridgehead atoms. The van der Waals surface area contributed by atoms with Crippen LogP contribution in [-0.4, -0.2) is 31.8 Å². The van der Waals surface area contributed by atoms with Gasteiger partial charge in [-0.05, 0) is 30.2 Å². The average molecular weight is 316 g/mol. The van der Waals surface area contributed by atoms with Crippen molar-refractivity contribution in [3.63, 3.8) is 0 Å².